The van der Waals surface area contributed by atoms with E-state index in [0.29, 0.717) is 22.8 Å². The number of halogens is 2. The van der Waals surface area contributed by atoms with E-state index in [1.165, 1.54) is 30.3 Å². The smallest absolute Gasteiger partial charge is 0.387 e. The highest BCUT2D eigenvalue weighted by Crippen LogP contribution is 2.35. The number of nitrogens with one attached hydrogen (secondary N) is 1. The number of allylic oxidation sites excluding steroid dienone is 1. The molecule has 0 fully saturated rings. The van der Waals surface area contributed by atoms with E-state index in [-0.39, 0.29) is 19.0 Å². The number of hydrogen-bond acceptors (Lipinski definition) is 7. The van der Waals surface area contributed by atoms with Crippen molar-refractivity contribution in [3.05, 3.63) is 47.4 Å². The number of nitrogens with zero attached hydrogens (tertiary/aromatic N) is 3. The Morgan fingerprint density at radius 3 is 2.70 bits per heavy atom. The Labute approximate surface area is 153 Å². The molecule has 1 aliphatic rings. The number of methoxy groups -OCH3 is 1. The normalized spacial score (nSPS) is 16.1. The van der Waals surface area contributed by atoms with Crippen LogP contribution in [0.2, 0.25) is 0 Å². The van der Waals surface area contributed by atoms with E-state index in [4.69, 9.17) is 9.47 Å². The molecule has 10 heteroatoms. The molecule has 0 aliphatic carbocycles. The third-order valence-corrected chi connectivity index (χ3v) is 3.96. The molecular weight excluding hydrogens is 362 g/mol. The molecule has 0 bridgehead atoms. The zero-order valence-electron chi connectivity index (χ0n) is 14.7. The summed E-state index contributed by atoms with van der Waals surface area (Å²) in [6.45, 7) is -0.814. The number of carbonyl (C=O) groups excluding carboxylic acids is 1. The minimum absolute atomic E-state index is 0.0198. The first-order valence-electron chi connectivity index (χ1n) is 8.09. The van der Waals surface area contributed by atoms with Crippen LogP contribution >= 0.6 is 0 Å². The highest BCUT2D eigenvalue weighted by molar-refractivity contribution is 5.92. The minimum atomic E-state index is -2.91. The van der Waals surface area contributed by atoms with Crippen molar-refractivity contribution in [2.45, 2.75) is 19.6 Å². The summed E-state index contributed by atoms with van der Waals surface area (Å²) in [6.07, 6.45) is 1.36. The average Bonchev–Trinajstić information content (AvgIpc) is 3.09. The van der Waals surface area contributed by atoms with Gasteiger partial charge in [0, 0.05) is 12.8 Å². The molecule has 2 aromatic rings. The van der Waals surface area contributed by atoms with Gasteiger partial charge in [-0.15, -0.1) is 0 Å². The maximum Gasteiger partial charge on any atom is 0.387 e. The predicted molar refractivity (Wildman–Crippen MR) is 90.4 cm³/mol. The average molecular weight is 380 g/mol. The first-order chi connectivity index (χ1) is 13.0. The van der Waals surface area contributed by atoms with Crippen LogP contribution in [-0.4, -0.2) is 47.7 Å². The number of benzene rings is 1. The van der Waals surface area contributed by atoms with Crippen molar-refractivity contribution < 1.29 is 27.8 Å². The number of anilines is 1. The lowest BCUT2D eigenvalue weighted by molar-refractivity contribution is -0.140. The first-order valence-corrected chi connectivity index (χ1v) is 8.09. The van der Waals surface area contributed by atoms with Gasteiger partial charge in [0.1, 0.15) is 24.7 Å². The van der Waals surface area contributed by atoms with Crippen LogP contribution in [0.25, 0.3) is 0 Å². The number of rotatable bonds is 7. The van der Waals surface area contributed by atoms with Crippen LogP contribution in [0, 0.1) is 0 Å². The molecule has 1 aromatic heterocycles. The molecule has 1 aromatic carbocycles. The van der Waals surface area contributed by atoms with Crippen LogP contribution < -0.4 is 10.1 Å². The highest BCUT2D eigenvalue weighted by Gasteiger charge is 2.34. The number of alkyl halides is 2. The first kappa shape index (κ1) is 18.8. The molecule has 0 radical (unpaired) electrons. The van der Waals surface area contributed by atoms with Crippen molar-refractivity contribution in [2.24, 2.45) is 0 Å². The second-order valence-corrected chi connectivity index (χ2v) is 5.67. The molecule has 27 heavy (non-hydrogen) atoms. The van der Waals surface area contributed by atoms with E-state index in [0.717, 1.165) is 0 Å². The number of ether oxygens (including phenoxy) is 3. The Morgan fingerprint density at radius 2 is 2.04 bits per heavy atom. The molecule has 0 spiro atoms. The standard InChI is InChI=1S/C17H18F2N4O4/c1-10-13(15(24)26-8-7-25-2)14(23-17(22-10)20-9-21-23)11-3-5-12(6-4-11)27-16(18)19/h3-6,9,14,16H,7-8H2,1-2H3,(H,20,21,22)/t14-/m1/s1. The van der Waals surface area contributed by atoms with Crippen LogP contribution in [0.5, 0.6) is 5.75 Å². The highest BCUT2D eigenvalue weighted by atomic mass is 19.3. The fourth-order valence-corrected chi connectivity index (χ4v) is 2.79. The number of aromatic nitrogens is 3. The quantitative estimate of drug-likeness (QED) is 0.583. The summed E-state index contributed by atoms with van der Waals surface area (Å²) in [5.41, 5.74) is 1.55. The fourth-order valence-electron chi connectivity index (χ4n) is 2.79. The van der Waals surface area contributed by atoms with E-state index >= 15 is 0 Å². The lowest BCUT2D eigenvalue weighted by atomic mass is 9.96. The van der Waals surface area contributed by atoms with Crippen LogP contribution in [0.4, 0.5) is 14.7 Å². The third-order valence-electron chi connectivity index (χ3n) is 3.96. The molecular formula is C17H18F2N4O4. The third kappa shape index (κ3) is 4.05. The van der Waals surface area contributed by atoms with Crippen molar-refractivity contribution in [2.75, 3.05) is 25.6 Å². The predicted octanol–water partition coefficient (Wildman–Crippen LogP) is 2.36. The van der Waals surface area contributed by atoms with E-state index in [1.807, 2.05) is 0 Å². The molecule has 0 saturated carbocycles. The summed E-state index contributed by atoms with van der Waals surface area (Å²) < 4.78 is 40.8. The van der Waals surface area contributed by atoms with Crippen LogP contribution in [0.1, 0.15) is 18.5 Å². The SMILES string of the molecule is COCCOC(=O)C1=C(C)Nc2ncnn2[C@@H]1c1ccc(OC(F)F)cc1. The summed E-state index contributed by atoms with van der Waals surface area (Å²) in [7, 11) is 1.51. The second-order valence-electron chi connectivity index (χ2n) is 5.67. The van der Waals surface area contributed by atoms with Gasteiger partial charge < -0.3 is 19.5 Å². The largest absolute Gasteiger partial charge is 0.460 e. The Morgan fingerprint density at radius 1 is 1.30 bits per heavy atom. The lowest BCUT2D eigenvalue weighted by Crippen LogP contribution is -2.30. The van der Waals surface area contributed by atoms with Crippen LogP contribution in [0.3, 0.4) is 0 Å². The van der Waals surface area contributed by atoms with Crippen molar-refractivity contribution >= 4 is 11.9 Å². The number of carbonyl (C=O) groups is 1. The maximum atomic E-state index is 12.7. The van der Waals surface area contributed by atoms with Gasteiger partial charge in [-0.25, -0.2) is 9.48 Å². The molecule has 144 valence electrons. The fraction of sp³-hybridized carbons (Fsp3) is 0.353. The molecule has 1 N–H and O–H groups in total. The summed E-state index contributed by atoms with van der Waals surface area (Å²) in [5, 5.41) is 7.19. The van der Waals surface area contributed by atoms with Gasteiger partial charge >= 0.3 is 12.6 Å². The summed E-state index contributed by atoms with van der Waals surface area (Å²) in [5.74, 6) is -0.0543. The Bertz CT molecular complexity index is 836. The monoisotopic (exact) mass is 380 g/mol. The van der Waals surface area contributed by atoms with Crippen molar-refractivity contribution in [1.82, 2.24) is 14.8 Å². The molecule has 0 amide bonds. The van der Waals surface area contributed by atoms with Gasteiger partial charge in [-0.1, -0.05) is 12.1 Å². The van der Waals surface area contributed by atoms with Crippen molar-refractivity contribution in [1.29, 1.82) is 0 Å². The topological polar surface area (TPSA) is 87.5 Å². The van der Waals surface area contributed by atoms with Gasteiger partial charge in [0.05, 0.1) is 12.2 Å². The number of fused-ring (bicyclic) bond motifs is 1. The van der Waals surface area contributed by atoms with E-state index in [2.05, 4.69) is 20.1 Å². The van der Waals surface area contributed by atoms with Gasteiger partial charge in [-0.2, -0.15) is 18.9 Å². The zero-order valence-corrected chi connectivity index (χ0v) is 14.7. The zero-order chi connectivity index (χ0) is 19.4. The lowest BCUT2D eigenvalue weighted by Gasteiger charge is -2.28. The molecule has 2 heterocycles. The number of hydrogen-bond donors (Lipinski definition) is 1. The van der Waals surface area contributed by atoms with E-state index < -0.39 is 18.6 Å². The molecule has 3 rings (SSSR count). The molecule has 8 nitrogen and oxygen atoms in total. The van der Waals surface area contributed by atoms with E-state index in [9.17, 15) is 13.6 Å². The van der Waals surface area contributed by atoms with E-state index in [1.54, 1.807) is 19.1 Å². The summed E-state index contributed by atoms with van der Waals surface area (Å²) >= 11 is 0. The molecule has 0 unspecified atom stereocenters. The minimum Gasteiger partial charge on any atom is -0.460 e. The molecule has 1 atom stereocenters. The van der Waals surface area contributed by atoms with Gasteiger partial charge in [-0.3, -0.25) is 0 Å². The Kier molecular flexibility index (Phi) is 5.65. The second kappa shape index (κ2) is 8.12. The van der Waals surface area contributed by atoms with Gasteiger partial charge in [-0.05, 0) is 24.6 Å². The summed E-state index contributed by atoms with van der Waals surface area (Å²) in [4.78, 5) is 16.8. The van der Waals surface area contributed by atoms with Crippen molar-refractivity contribution in [3.63, 3.8) is 0 Å². The Balaban J connectivity index is 1.94. The molecule has 0 saturated heterocycles. The van der Waals surface area contributed by atoms with Gasteiger partial charge in [0.25, 0.3) is 0 Å². The van der Waals surface area contributed by atoms with Crippen LogP contribution in [-0.2, 0) is 14.3 Å². The number of esters is 1. The van der Waals surface area contributed by atoms with Crippen molar-refractivity contribution in [3.8, 4) is 5.75 Å². The van der Waals surface area contributed by atoms with Crippen LogP contribution in [0.15, 0.2) is 41.9 Å². The molecule has 1 aliphatic heterocycles. The maximum absolute atomic E-state index is 12.7. The van der Waals surface area contributed by atoms with Gasteiger partial charge in [0.15, 0.2) is 0 Å². The Hall–Kier alpha value is -3.01. The van der Waals surface area contributed by atoms with Gasteiger partial charge in [0.2, 0.25) is 5.95 Å². The summed E-state index contributed by atoms with van der Waals surface area (Å²) in [6, 6.07) is 5.37.